The fraction of sp³-hybridized carbons (Fsp3) is 0.900. The maximum Gasteiger partial charge on any atom is -0.0354 e. The quantitative estimate of drug-likeness (QED) is 0.560. The summed E-state index contributed by atoms with van der Waals surface area (Å²) < 4.78 is 0. The zero-order valence-electron chi connectivity index (χ0n) is 7.91. The lowest BCUT2D eigenvalue weighted by atomic mass is 9.88. The molecule has 0 nitrogen and oxygen atoms in total. The van der Waals surface area contributed by atoms with Gasteiger partial charge in [0.05, 0.1) is 0 Å². The van der Waals surface area contributed by atoms with Gasteiger partial charge in [-0.05, 0) is 24.7 Å². The van der Waals surface area contributed by atoms with Crippen molar-refractivity contribution in [3.63, 3.8) is 0 Å². The summed E-state index contributed by atoms with van der Waals surface area (Å²) in [6, 6.07) is 0. The Morgan fingerprint density at radius 1 is 1.30 bits per heavy atom. The molecule has 0 heteroatoms. The highest BCUT2D eigenvalue weighted by Gasteiger charge is 2.09. The van der Waals surface area contributed by atoms with E-state index in [-0.39, 0.29) is 5.41 Å². The van der Waals surface area contributed by atoms with Crippen LogP contribution >= 0.6 is 0 Å². The number of hydrogen-bond acceptors (Lipinski definition) is 0. The lowest BCUT2D eigenvalue weighted by Gasteiger charge is -2.17. The Morgan fingerprint density at radius 3 is 2.10 bits per heavy atom. The summed E-state index contributed by atoms with van der Waals surface area (Å²) in [5.74, 6) is 0.849. The molecule has 0 atom stereocenters. The van der Waals surface area contributed by atoms with Gasteiger partial charge in [-0.3, -0.25) is 0 Å². The molecule has 0 aromatic heterocycles. The molecule has 0 aliphatic rings. The molecule has 0 saturated carbocycles. The summed E-state index contributed by atoms with van der Waals surface area (Å²) in [7, 11) is 0. The van der Waals surface area contributed by atoms with Crippen molar-refractivity contribution in [1.82, 2.24) is 0 Å². The Morgan fingerprint density at radius 2 is 1.80 bits per heavy atom. The third-order valence-corrected chi connectivity index (χ3v) is 1.64. The van der Waals surface area contributed by atoms with Crippen LogP contribution in [0, 0.1) is 18.3 Å². The van der Waals surface area contributed by atoms with Crippen molar-refractivity contribution in [2.24, 2.45) is 11.3 Å². The van der Waals surface area contributed by atoms with Gasteiger partial charge >= 0.3 is 0 Å². The first-order valence-electron chi connectivity index (χ1n) is 4.27. The van der Waals surface area contributed by atoms with Crippen LogP contribution in [-0.2, 0) is 0 Å². The minimum absolute atomic E-state index is 0.287. The lowest BCUT2D eigenvalue weighted by molar-refractivity contribution is 0.390. The van der Waals surface area contributed by atoms with Crippen LogP contribution in [0.25, 0.3) is 0 Å². The first-order valence-corrected chi connectivity index (χ1v) is 4.27. The second-order valence-corrected chi connectivity index (χ2v) is 4.45. The number of rotatable bonds is 4. The Labute approximate surface area is 66.0 Å². The SMILES string of the molecule is [CH2]C(C)(C)CCCC(C)C. The van der Waals surface area contributed by atoms with Gasteiger partial charge in [0.2, 0.25) is 0 Å². The third-order valence-electron chi connectivity index (χ3n) is 1.64. The van der Waals surface area contributed by atoms with Gasteiger partial charge in [-0.15, -0.1) is 0 Å². The maximum atomic E-state index is 4.07. The molecule has 0 aromatic carbocycles. The molecule has 0 spiro atoms. The van der Waals surface area contributed by atoms with Gasteiger partial charge in [-0.25, -0.2) is 0 Å². The van der Waals surface area contributed by atoms with E-state index in [2.05, 4.69) is 34.6 Å². The first kappa shape index (κ1) is 10.0. The average Bonchev–Trinajstić information content (AvgIpc) is 1.59. The smallest absolute Gasteiger partial charge is 0.0354 e. The van der Waals surface area contributed by atoms with Gasteiger partial charge in [0.15, 0.2) is 0 Å². The molecule has 0 amide bonds. The van der Waals surface area contributed by atoms with E-state index in [0.717, 1.165) is 5.92 Å². The monoisotopic (exact) mass is 141 g/mol. The Kier molecular flexibility index (Phi) is 4.00. The third kappa shape index (κ3) is 8.00. The Bertz CT molecular complexity index is 74.5. The van der Waals surface area contributed by atoms with Crippen LogP contribution in [0.1, 0.15) is 47.0 Å². The molecule has 0 rings (SSSR count). The molecule has 0 aromatic rings. The van der Waals surface area contributed by atoms with Gasteiger partial charge in [-0.1, -0.05) is 40.5 Å². The van der Waals surface area contributed by atoms with E-state index < -0.39 is 0 Å². The van der Waals surface area contributed by atoms with Crippen molar-refractivity contribution >= 4 is 0 Å². The fourth-order valence-electron chi connectivity index (χ4n) is 0.989. The van der Waals surface area contributed by atoms with Gasteiger partial charge in [0.1, 0.15) is 0 Å². The molecule has 0 saturated heterocycles. The zero-order chi connectivity index (χ0) is 8.20. The summed E-state index contributed by atoms with van der Waals surface area (Å²) in [6.45, 7) is 13.0. The molecule has 0 bridgehead atoms. The molecule has 0 heterocycles. The molecule has 0 aliphatic carbocycles. The molecule has 61 valence electrons. The van der Waals surface area contributed by atoms with Crippen molar-refractivity contribution in [2.75, 3.05) is 0 Å². The predicted octanol–water partition coefficient (Wildman–Crippen LogP) is 3.67. The largest absolute Gasteiger partial charge is 0.0628 e. The molecule has 10 heavy (non-hydrogen) atoms. The zero-order valence-corrected chi connectivity index (χ0v) is 7.91. The van der Waals surface area contributed by atoms with Gasteiger partial charge in [-0.2, -0.15) is 0 Å². The van der Waals surface area contributed by atoms with Crippen molar-refractivity contribution < 1.29 is 0 Å². The second kappa shape index (κ2) is 4.00. The van der Waals surface area contributed by atoms with Crippen molar-refractivity contribution in [2.45, 2.75) is 47.0 Å². The van der Waals surface area contributed by atoms with Crippen molar-refractivity contribution in [1.29, 1.82) is 0 Å². The average molecular weight is 141 g/mol. The van der Waals surface area contributed by atoms with Crippen LogP contribution in [-0.4, -0.2) is 0 Å². The minimum Gasteiger partial charge on any atom is -0.0628 e. The summed E-state index contributed by atoms with van der Waals surface area (Å²) in [5.41, 5.74) is 0.287. The highest BCUT2D eigenvalue weighted by atomic mass is 14.1. The van der Waals surface area contributed by atoms with E-state index in [9.17, 15) is 0 Å². The van der Waals surface area contributed by atoms with Gasteiger partial charge in [0.25, 0.3) is 0 Å². The van der Waals surface area contributed by atoms with Crippen LogP contribution in [0.4, 0.5) is 0 Å². The predicted molar refractivity (Wildman–Crippen MR) is 47.8 cm³/mol. The Hall–Kier alpha value is 0. The van der Waals surface area contributed by atoms with E-state index in [1.807, 2.05) is 0 Å². The van der Waals surface area contributed by atoms with E-state index in [4.69, 9.17) is 0 Å². The second-order valence-electron chi connectivity index (χ2n) is 4.45. The molecule has 0 N–H and O–H groups in total. The highest BCUT2D eigenvalue weighted by molar-refractivity contribution is 4.70. The Balaban J connectivity index is 3.21. The van der Waals surface area contributed by atoms with E-state index in [1.54, 1.807) is 0 Å². The topological polar surface area (TPSA) is 0 Å². The van der Waals surface area contributed by atoms with Crippen LogP contribution < -0.4 is 0 Å². The molecule has 0 aliphatic heterocycles. The van der Waals surface area contributed by atoms with Crippen LogP contribution in [0.2, 0.25) is 0 Å². The standard InChI is InChI=1S/C10H21/c1-9(2)7-6-8-10(3,4)5/h9H,3,6-8H2,1-2,4-5H3. The first-order chi connectivity index (χ1) is 4.42. The van der Waals surface area contributed by atoms with E-state index in [0.29, 0.717) is 0 Å². The van der Waals surface area contributed by atoms with Crippen molar-refractivity contribution in [3.8, 4) is 0 Å². The number of hydrogen-bond donors (Lipinski definition) is 0. The van der Waals surface area contributed by atoms with Crippen LogP contribution in [0.15, 0.2) is 0 Å². The summed E-state index contributed by atoms with van der Waals surface area (Å²) in [4.78, 5) is 0. The minimum atomic E-state index is 0.287. The molecular formula is C10H21. The summed E-state index contributed by atoms with van der Waals surface area (Å²) in [6.07, 6.45) is 3.93. The highest BCUT2D eigenvalue weighted by Crippen LogP contribution is 2.22. The van der Waals surface area contributed by atoms with Crippen molar-refractivity contribution in [3.05, 3.63) is 6.92 Å². The summed E-state index contributed by atoms with van der Waals surface area (Å²) in [5, 5.41) is 0. The fourth-order valence-corrected chi connectivity index (χ4v) is 0.989. The molecule has 1 radical (unpaired) electrons. The van der Waals surface area contributed by atoms with Crippen LogP contribution in [0.3, 0.4) is 0 Å². The van der Waals surface area contributed by atoms with Gasteiger partial charge in [0, 0.05) is 0 Å². The van der Waals surface area contributed by atoms with E-state index in [1.165, 1.54) is 19.3 Å². The van der Waals surface area contributed by atoms with Crippen LogP contribution in [0.5, 0.6) is 0 Å². The lowest BCUT2D eigenvalue weighted by Crippen LogP contribution is -2.05. The summed E-state index contributed by atoms with van der Waals surface area (Å²) >= 11 is 0. The van der Waals surface area contributed by atoms with E-state index >= 15 is 0 Å². The maximum absolute atomic E-state index is 4.07. The normalized spacial score (nSPS) is 12.6. The molecule has 0 unspecified atom stereocenters. The molecular weight excluding hydrogens is 120 g/mol. The van der Waals surface area contributed by atoms with Gasteiger partial charge < -0.3 is 0 Å². The molecule has 0 fully saturated rings.